The average molecular weight is 993 g/mol. The van der Waals surface area contributed by atoms with Gasteiger partial charge in [0.25, 0.3) is 0 Å². The minimum absolute atomic E-state index is 0.0349. The van der Waals surface area contributed by atoms with Crippen molar-refractivity contribution in [2.24, 2.45) is 0 Å². The van der Waals surface area contributed by atoms with E-state index in [2.05, 4.69) is 219 Å². The summed E-state index contributed by atoms with van der Waals surface area (Å²) in [6, 6.07) is 40.3. The molecule has 2 unspecified atom stereocenters. The molecule has 13 rings (SSSR count). The first kappa shape index (κ1) is 44.4. The van der Waals surface area contributed by atoms with Gasteiger partial charge in [-0.1, -0.05) is 76.2 Å². The third-order valence-electron chi connectivity index (χ3n) is 17.8. The summed E-state index contributed by atoms with van der Waals surface area (Å²) in [7, 11) is 0. The summed E-state index contributed by atoms with van der Waals surface area (Å²) >= 11 is 2.27. The second-order valence-corrected chi connectivity index (χ2v) is 26.8. The summed E-state index contributed by atoms with van der Waals surface area (Å²) in [6.45, 7) is 26.1. The Morgan fingerprint density at radius 3 is 1.99 bits per heavy atom. The number of thioether (sulfide) groups is 1. The SMILES string of the molecule is C=CC1=C(/C=C\C)[Se]C2Cc3c(n(C4C=C(c5ccc6c(c5)C(C)(C)c5ccccc5-6)C=C(C5=CC6=C(CC5)c5ccccc5C6(C)C)C4)c4cc5c(cc34)C(C)(C)c3ccccc3C5(C)C)C=C2S1. The third-order valence-corrected chi connectivity index (χ3v) is 22.4. The Balaban J connectivity index is 1.04. The zero-order valence-electron chi connectivity index (χ0n) is 42.3. The van der Waals surface area contributed by atoms with Gasteiger partial charge in [0.05, 0.1) is 0 Å². The van der Waals surface area contributed by atoms with E-state index in [4.69, 9.17) is 0 Å². The maximum absolute atomic E-state index is 4.33. The van der Waals surface area contributed by atoms with E-state index in [1.54, 1.807) is 5.57 Å². The van der Waals surface area contributed by atoms with E-state index in [0.717, 1.165) is 25.7 Å². The van der Waals surface area contributed by atoms with Crippen LogP contribution in [0.5, 0.6) is 0 Å². The Hall–Kier alpha value is -5.57. The van der Waals surface area contributed by atoms with Gasteiger partial charge in [-0.2, -0.15) is 0 Å². The standard InChI is InChI=1S/C67H63NSSe/c1-11-19-62-60(12-2)69-61-38-59-49(36-63(61)70-62)48-35-56-57(67(9,10)53-25-18-17-24-52(53)66(56,7)8)37-58(48)68(59)43-31-41(39-26-28-46-44-20-13-15-22-50(44)64(3,4)54(46)33-39)30-42(32-43)40-27-29-47-45-21-14-16-23-51(45)65(5,6)55(47)34-40/h11-26,28,30-31,33-35,37-38,43,63H,2,27,29,32,36H2,1,3-10H3/b19-11-. The number of aromatic nitrogens is 1. The molecule has 0 fully saturated rings. The van der Waals surface area contributed by atoms with E-state index in [9.17, 15) is 0 Å². The predicted octanol–water partition coefficient (Wildman–Crippen LogP) is 17.4. The summed E-state index contributed by atoms with van der Waals surface area (Å²) < 4.78 is 4.30. The van der Waals surface area contributed by atoms with Crippen LogP contribution in [0.15, 0.2) is 177 Å². The molecule has 0 spiro atoms. The molecule has 70 heavy (non-hydrogen) atoms. The van der Waals surface area contributed by atoms with Crippen LogP contribution in [-0.4, -0.2) is 19.5 Å². The van der Waals surface area contributed by atoms with Gasteiger partial charge >= 0.3 is 331 Å². The van der Waals surface area contributed by atoms with Gasteiger partial charge in [0.1, 0.15) is 0 Å². The van der Waals surface area contributed by atoms with E-state index in [-0.39, 0.29) is 27.7 Å². The molecule has 1 nitrogen and oxygen atoms in total. The fourth-order valence-electron chi connectivity index (χ4n) is 14.1. The molecule has 3 heteroatoms. The van der Waals surface area contributed by atoms with Gasteiger partial charge in [0.2, 0.25) is 0 Å². The average Bonchev–Trinajstić information content (AvgIpc) is 3.90. The quantitative estimate of drug-likeness (QED) is 0.156. The molecule has 0 amide bonds. The van der Waals surface area contributed by atoms with Crippen molar-refractivity contribution in [1.82, 2.24) is 4.57 Å². The van der Waals surface area contributed by atoms with Crippen LogP contribution in [-0.2, 0) is 28.1 Å². The topological polar surface area (TPSA) is 4.93 Å². The van der Waals surface area contributed by atoms with Gasteiger partial charge in [-0.25, -0.2) is 0 Å². The minimum atomic E-state index is -0.155. The monoisotopic (exact) mass is 993 g/mol. The van der Waals surface area contributed by atoms with Crippen LogP contribution >= 0.6 is 11.8 Å². The molecule has 0 saturated carbocycles. The van der Waals surface area contributed by atoms with Crippen molar-refractivity contribution in [2.75, 3.05) is 0 Å². The Labute approximate surface area is 426 Å². The molecule has 5 aromatic carbocycles. The molecule has 1 aliphatic heterocycles. The van der Waals surface area contributed by atoms with Crippen LogP contribution in [0.1, 0.15) is 149 Å². The van der Waals surface area contributed by atoms with Crippen molar-refractivity contribution < 1.29 is 0 Å². The number of fused-ring (bicyclic) bond motifs is 11. The van der Waals surface area contributed by atoms with Crippen LogP contribution in [0, 0.1) is 0 Å². The molecular formula is C67H63NSSe. The molecule has 2 heterocycles. The second-order valence-electron chi connectivity index (χ2n) is 23.1. The number of hydrogen-bond donors (Lipinski definition) is 0. The van der Waals surface area contributed by atoms with Crippen LogP contribution < -0.4 is 0 Å². The second kappa shape index (κ2) is 15.5. The van der Waals surface area contributed by atoms with Crippen molar-refractivity contribution in [3.05, 3.63) is 238 Å². The van der Waals surface area contributed by atoms with Gasteiger partial charge in [-0.3, -0.25) is 0 Å². The molecule has 6 aliphatic carbocycles. The first-order valence-electron chi connectivity index (χ1n) is 25.7. The molecule has 348 valence electrons. The molecule has 2 atom stereocenters. The molecule has 7 aliphatic rings. The van der Waals surface area contributed by atoms with E-state index >= 15 is 0 Å². The van der Waals surface area contributed by atoms with Gasteiger partial charge < -0.3 is 0 Å². The normalized spacial score (nSPS) is 22.7. The van der Waals surface area contributed by atoms with Gasteiger partial charge in [0.15, 0.2) is 0 Å². The fraction of sp³-hybridized carbons (Fsp3) is 0.284. The Bertz CT molecular complexity index is 3580. The van der Waals surface area contributed by atoms with Crippen molar-refractivity contribution in [3.63, 3.8) is 0 Å². The van der Waals surface area contributed by atoms with E-state index < -0.39 is 0 Å². The molecule has 0 radical (unpaired) electrons. The molecule has 0 saturated heterocycles. The number of nitrogens with zero attached hydrogens (tertiary/aromatic N) is 1. The molecule has 1 aromatic heterocycles. The Kier molecular flexibility index (Phi) is 9.80. The maximum atomic E-state index is 4.33. The van der Waals surface area contributed by atoms with Crippen molar-refractivity contribution >= 4 is 54.8 Å². The van der Waals surface area contributed by atoms with Gasteiger partial charge in [0, 0.05) is 0 Å². The third kappa shape index (κ3) is 6.23. The molecule has 0 N–H and O–H groups in total. The zero-order valence-corrected chi connectivity index (χ0v) is 44.8. The number of hydrogen-bond acceptors (Lipinski definition) is 1. The van der Waals surface area contributed by atoms with E-state index in [1.165, 1.54) is 120 Å². The van der Waals surface area contributed by atoms with E-state index in [0.29, 0.717) is 19.8 Å². The van der Waals surface area contributed by atoms with Crippen LogP contribution in [0.4, 0.5) is 0 Å². The summed E-state index contributed by atoms with van der Waals surface area (Å²) in [5.41, 5.74) is 27.0. The van der Waals surface area contributed by atoms with Gasteiger partial charge in [-0.05, 0) is 22.3 Å². The molecule has 6 aromatic rings. The Morgan fingerprint density at radius 2 is 1.27 bits per heavy atom. The molecule has 0 bridgehead atoms. The zero-order chi connectivity index (χ0) is 48.2. The van der Waals surface area contributed by atoms with Crippen molar-refractivity contribution in [2.45, 2.75) is 121 Å². The Morgan fingerprint density at radius 1 is 0.629 bits per heavy atom. The van der Waals surface area contributed by atoms with Crippen LogP contribution in [0.25, 0.3) is 39.3 Å². The first-order valence-corrected chi connectivity index (χ1v) is 28.4. The number of allylic oxidation sites excluding steroid dienone is 13. The first-order chi connectivity index (χ1) is 33.6. The van der Waals surface area contributed by atoms with E-state index in [1.807, 2.05) is 11.8 Å². The molecular weight excluding hydrogens is 930 g/mol. The van der Waals surface area contributed by atoms with Crippen LogP contribution in [0.2, 0.25) is 4.82 Å². The van der Waals surface area contributed by atoms with Crippen LogP contribution in [0.3, 0.4) is 0 Å². The summed E-state index contributed by atoms with van der Waals surface area (Å²) in [5.74, 6) is 0. The summed E-state index contributed by atoms with van der Waals surface area (Å²) in [6.07, 6.45) is 21.3. The summed E-state index contributed by atoms with van der Waals surface area (Å²) in [4.78, 5) is 3.33. The van der Waals surface area contributed by atoms with Crippen molar-refractivity contribution in [1.29, 1.82) is 0 Å². The van der Waals surface area contributed by atoms with Gasteiger partial charge in [-0.15, -0.1) is 0 Å². The number of benzene rings is 5. The van der Waals surface area contributed by atoms with Crippen molar-refractivity contribution in [3.8, 4) is 11.1 Å². The number of rotatable bonds is 5. The fourth-order valence-corrected chi connectivity index (χ4v) is 18.5. The predicted molar refractivity (Wildman–Crippen MR) is 301 cm³/mol. The summed E-state index contributed by atoms with van der Waals surface area (Å²) in [5, 5.41) is 1.44.